The maximum atomic E-state index is 13.7. The van der Waals surface area contributed by atoms with Crippen molar-refractivity contribution in [1.29, 1.82) is 0 Å². The van der Waals surface area contributed by atoms with E-state index >= 15 is 0 Å². The summed E-state index contributed by atoms with van der Waals surface area (Å²) >= 11 is 3.32. The molecule has 0 spiro atoms. The van der Waals surface area contributed by atoms with Gasteiger partial charge in [0, 0.05) is 28.0 Å². The van der Waals surface area contributed by atoms with Crippen LogP contribution in [0.5, 0.6) is 5.75 Å². The van der Waals surface area contributed by atoms with E-state index in [1.165, 1.54) is 6.07 Å². The van der Waals surface area contributed by atoms with Gasteiger partial charge in [0.2, 0.25) is 0 Å². The minimum absolute atomic E-state index is 0.0484. The highest BCUT2D eigenvalue weighted by Gasteiger charge is 2.06. The second-order valence-corrected chi connectivity index (χ2v) is 5.62. The van der Waals surface area contributed by atoms with Crippen molar-refractivity contribution in [2.75, 3.05) is 11.1 Å². The number of anilines is 3. The molecule has 106 valence electrons. The van der Waals surface area contributed by atoms with Gasteiger partial charge in [0.1, 0.15) is 11.6 Å². The number of hydrogen-bond acceptors (Lipinski definition) is 3. The maximum absolute atomic E-state index is 13.7. The highest BCUT2D eigenvalue weighted by Crippen LogP contribution is 2.28. The summed E-state index contributed by atoms with van der Waals surface area (Å²) in [5, 5.41) is 3.00. The lowest BCUT2D eigenvalue weighted by atomic mass is 10.2. The van der Waals surface area contributed by atoms with Gasteiger partial charge in [0.25, 0.3) is 0 Å². The molecule has 2 rings (SSSR count). The summed E-state index contributed by atoms with van der Waals surface area (Å²) in [6, 6.07) is 9.96. The van der Waals surface area contributed by atoms with E-state index in [0.717, 1.165) is 4.47 Å². The highest BCUT2D eigenvalue weighted by atomic mass is 79.9. The van der Waals surface area contributed by atoms with Gasteiger partial charge >= 0.3 is 0 Å². The monoisotopic (exact) mass is 338 g/mol. The van der Waals surface area contributed by atoms with Crippen LogP contribution in [-0.4, -0.2) is 6.10 Å². The zero-order valence-electron chi connectivity index (χ0n) is 11.3. The van der Waals surface area contributed by atoms with E-state index in [4.69, 9.17) is 10.5 Å². The van der Waals surface area contributed by atoms with E-state index in [0.29, 0.717) is 22.8 Å². The molecule has 0 radical (unpaired) electrons. The Morgan fingerprint density at radius 2 is 1.95 bits per heavy atom. The largest absolute Gasteiger partial charge is 0.491 e. The molecule has 20 heavy (non-hydrogen) atoms. The molecule has 0 aliphatic heterocycles. The predicted molar refractivity (Wildman–Crippen MR) is 84.0 cm³/mol. The fourth-order valence-electron chi connectivity index (χ4n) is 1.78. The molecule has 0 aromatic heterocycles. The van der Waals surface area contributed by atoms with Gasteiger partial charge in [-0.05, 0) is 38.1 Å². The lowest BCUT2D eigenvalue weighted by Gasteiger charge is -2.14. The van der Waals surface area contributed by atoms with Crippen molar-refractivity contribution in [3.8, 4) is 5.75 Å². The van der Waals surface area contributed by atoms with Crippen molar-refractivity contribution in [2.45, 2.75) is 20.0 Å². The minimum atomic E-state index is -0.332. The predicted octanol–water partition coefficient (Wildman–Crippen LogP) is 4.70. The van der Waals surface area contributed by atoms with E-state index in [9.17, 15) is 4.39 Å². The summed E-state index contributed by atoms with van der Waals surface area (Å²) in [5.74, 6) is 0.319. The van der Waals surface area contributed by atoms with Gasteiger partial charge in [-0.3, -0.25) is 0 Å². The summed E-state index contributed by atoms with van der Waals surface area (Å²) in [4.78, 5) is 0. The second-order valence-electron chi connectivity index (χ2n) is 4.71. The van der Waals surface area contributed by atoms with Crippen molar-refractivity contribution in [3.63, 3.8) is 0 Å². The first-order valence-electron chi connectivity index (χ1n) is 6.23. The Hall–Kier alpha value is -1.75. The van der Waals surface area contributed by atoms with Gasteiger partial charge in [-0.25, -0.2) is 4.39 Å². The van der Waals surface area contributed by atoms with Crippen LogP contribution in [0.15, 0.2) is 40.9 Å². The second kappa shape index (κ2) is 6.13. The molecular formula is C15H16BrFN2O. The summed E-state index contributed by atoms with van der Waals surface area (Å²) < 4.78 is 20.1. The molecule has 0 amide bonds. The smallest absolute Gasteiger partial charge is 0.146 e. The van der Waals surface area contributed by atoms with Crippen LogP contribution >= 0.6 is 15.9 Å². The topological polar surface area (TPSA) is 47.3 Å². The molecule has 0 atom stereocenters. The quantitative estimate of drug-likeness (QED) is 0.794. The molecule has 2 aromatic carbocycles. The van der Waals surface area contributed by atoms with Crippen LogP contribution in [0.2, 0.25) is 0 Å². The average molecular weight is 339 g/mol. The number of hydrogen-bond donors (Lipinski definition) is 2. The molecule has 0 saturated carbocycles. The zero-order valence-corrected chi connectivity index (χ0v) is 12.9. The third kappa shape index (κ3) is 3.87. The van der Waals surface area contributed by atoms with Crippen molar-refractivity contribution in [3.05, 3.63) is 46.7 Å². The van der Waals surface area contributed by atoms with E-state index in [1.54, 1.807) is 30.3 Å². The summed E-state index contributed by atoms with van der Waals surface area (Å²) in [7, 11) is 0. The zero-order chi connectivity index (χ0) is 14.7. The molecule has 5 heteroatoms. The van der Waals surface area contributed by atoms with Gasteiger partial charge in [-0.15, -0.1) is 0 Å². The van der Waals surface area contributed by atoms with Crippen LogP contribution in [0.4, 0.5) is 21.5 Å². The summed E-state index contributed by atoms with van der Waals surface area (Å²) in [5.41, 5.74) is 7.44. The molecular weight excluding hydrogens is 323 g/mol. The third-order valence-electron chi connectivity index (χ3n) is 2.51. The Bertz CT molecular complexity index is 617. The fraction of sp³-hybridized carbons (Fsp3) is 0.200. The van der Waals surface area contributed by atoms with Crippen LogP contribution in [0.1, 0.15) is 13.8 Å². The molecule has 0 fully saturated rings. The van der Waals surface area contributed by atoms with E-state index in [2.05, 4.69) is 21.2 Å². The Balaban J connectivity index is 2.28. The van der Waals surface area contributed by atoms with Crippen LogP contribution in [0.3, 0.4) is 0 Å². The number of ether oxygens (including phenoxy) is 1. The summed E-state index contributed by atoms with van der Waals surface area (Å²) in [6.07, 6.45) is 0.0484. The first kappa shape index (κ1) is 14.7. The highest BCUT2D eigenvalue weighted by molar-refractivity contribution is 9.10. The Morgan fingerprint density at radius 3 is 2.65 bits per heavy atom. The number of nitrogen functional groups attached to an aromatic ring is 1. The Kier molecular flexibility index (Phi) is 4.49. The standard InChI is InChI=1S/C15H16BrFN2O/c1-9(2)20-13-7-11(18)6-12(8-13)19-15-5-10(16)3-4-14(15)17/h3-9,19H,18H2,1-2H3. The number of halogens is 2. The number of nitrogens with two attached hydrogens (primary N) is 1. The van der Waals surface area contributed by atoms with Gasteiger partial charge < -0.3 is 15.8 Å². The lowest BCUT2D eigenvalue weighted by molar-refractivity contribution is 0.242. The molecule has 0 saturated heterocycles. The van der Waals surface area contributed by atoms with Gasteiger partial charge in [0.15, 0.2) is 0 Å². The Morgan fingerprint density at radius 1 is 1.20 bits per heavy atom. The summed E-state index contributed by atoms with van der Waals surface area (Å²) in [6.45, 7) is 3.87. The van der Waals surface area contributed by atoms with Crippen molar-refractivity contribution >= 4 is 33.0 Å². The van der Waals surface area contributed by atoms with E-state index in [1.807, 2.05) is 13.8 Å². The van der Waals surface area contributed by atoms with Crippen LogP contribution in [-0.2, 0) is 0 Å². The molecule has 3 nitrogen and oxygen atoms in total. The molecule has 2 aromatic rings. The van der Waals surface area contributed by atoms with Crippen LogP contribution in [0.25, 0.3) is 0 Å². The molecule has 0 aliphatic rings. The average Bonchev–Trinajstić information content (AvgIpc) is 2.32. The molecule has 0 unspecified atom stereocenters. The number of nitrogens with one attached hydrogen (secondary N) is 1. The molecule has 0 bridgehead atoms. The van der Waals surface area contributed by atoms with Crippen molar-refractivity contribution in [2.24, 2.45) is 0 Å². The minimum Gasteiger partial charge on any atom is -0.491 e. The number of benzene rings is 2. The van der Waals surface area contributed by atoms with E-state index in [-0.39, 0.29) is 11.9 Å². The van der Waals surface area contributed by atoms with Gasteiger partial charge in [-0.1, -0.05) is 15.9 Å². The first-order chi connectivity index (χ1) is 9.44. The van der Waals surface area contributed by atoms with Gasteiger partial charge in [0.05, 0.1) is 11.8 Å². The SMILES string of the molecule is CC(C)Oc1cc(N)cc(Nc2cc(Br)ccc2F)c1. The van der Waals surface area contributed by atoms with Gasteiger partial charge in [-0.2, -0.15) is 0 Å². The maximum Gasteiger partial charge on any atom is 0.146 e. The van der Waals surface area contributed by atoms with Crippen LogP contribution < -0.4 is 15.8 Å². The third-order valence-corrected chi connectivity index (χ3v) is 3.00. The number of rotatable bonds is 4. The molecule has 3 N–H and O–H groups in total. The molecule has 0 heterocycles. The van der Waals surface area contributed by atoms with Crippen molar-refractivity contribution < 1.29 is 9.13 Å². The molecule has 0 aliphatic carbocycles. The van der Waals surface area contributed by atoms with Crippen molar-refractivity contribution in [1.82, 2.24) is 0 Å². The lowest BCUT2D eigenvalue weighted by Crippen LogP contribution is -2.06. The first-order valence-corrected chi connectivity index (χ1v) is 7.02. The normalized spacial score (nSPS) is 10.7. The fourth-order valence-corrected chi connectivity index (χ4v) is 2.14. The Labute approximate surface area is 126 Å². The van der Waals surface area contributed by atoms with Crippen LogP contribution in [0, 0.1) is 5.82 Å². The van der Waals surface area contributed by atoms with E-state index < -0.39 is 0 Å².